The first-order valence-corrected chi connectivity index (χ1v) is 7.86. The Labute approximate surface area is 145 Å². The van der Waals surface area contributed by atoms with Crippen LogP contribution in [0.4, 0.5) is 4.79 Å². The Balaban J connectivity index is 2.24. The molecule has 0 aliphatic rings. The van der Waals surface area contributed by atoms with Crippen molar-refractivity contribution in [3.8, 4) is 5.75 Å². The first-order chi connectivity index (χ1) is 10.8. The number of hydrogen-bond acceptors (Lipinski definition) is 3. The Hall–Kier alpha value is -1.66. The van der Waals surface area contributed by atoms with Crippen LogP contribution in [0.25, 0.3) is 0 Å². The summed E-state index contributed by atoms with van der Waals surface area (Å²) in [5.74, 6) is -1.01. The van der Waals surface area contributed by atoms with Crippen LogP contribution < -0.4 is 10.1 Å². The van der Waals surface area contributed by atoms with E-state index in [0.29, 0.717) is 35.4 Å². The third-order valence-corrected chi connectivity index (χ3v) is 3.60. The van der Waals surface area contributed by atoms with Crippen LogP contribution in [0.2, 0.25) is 10.0 Å². The predicted molar refractivity (Wildman–Crippen MR) is 89.4 cm³/mol. The maximum Gasteiger partial charge on any atom is 0.317 e. The zero-order chi connectivity index (χ0) is 17.4. The van der Waals surface area contributed by atoms with Gasteiger partial charge >= 0.3 is 12.0 Å². The number of aliphatic carboxylic acids is 1. The minimum absolute atomic E-state index is 0.151. The molecule has 0 saturated carbocycles. The largest absolute Gasteiger partial charge is 0.492 e. The van der Waals surface area contributed by atoms with Gasteiger partial charge in [-0.05, 0) is 24.6 Å². The number of carbonyl (C=O) groups excluding carboxylic acids is 1. The Kier molecular flexibility index (Phi) is 7.98. The number of carboxylic acids is 1. The number of urea groups is 1. The molecule has 2 N–H and O–H groups in total. The van der Waals surface area contributed by atoms with Crippen LogP contribution in [0.5, 0.6) is 5.75 Å². The Bertz CT molecular complexity index is 554. The van der Waals surface area contributed by atoms with E-state index in [1.807, 2.05) is 0 Å². The number of rotatable bonds is 8. The molecule has 0 aromatic heterocycles. The first kappa shape index (κ1) is 19.4. The highest BCUT2D eigenvalue weighted by Crippen LogP contribution is 2.27. The van der Waals surface area contributed by atoms with E-state index in [1.165, 1.54) is 4.90 Å². The fraction of sp³-hybridized carbons (Fsp3) is 0.467. The van der Waals surface area contributed by atoms with Crippen molar-refractivity contribution >= 4 is 35.2 Å². The SMILES string of the molecule is CC(CN(C)C(=O)NCCCOc1ccc(Cl)cc1Cl)C(=O)O. The van der Waals surface area contributed by atoms with E-state index in [4.69, 9.17) is 33.0 Å². The summed E-state index contributed by atoms with van der Waals surface area (Å²) in [6.07, 6.45) is 0.590. The lowest BCUT2D eigenvalue weighted by Crippen LogP contribution is -2.41. The second-order valence-corrected chi connectivity index (χ2v) is 5.97. The second-order valence-electron chi connectivity index (χ2n) is 5.13. The van der Waals surface area contributed by atoms with Crippen molar-refractivity contribution in [1.82, 2.24) is 10.2 Å². The van der Waals surface area contributed by atoms with Crippen LogP contribution in [-0.2, 0) is 4.79 Å². The molecule has 8 heteroatoms. The van der Waals surface area contributed by atoms with E-state index in [2.05, 4.69) is 5.32 Å². The molecule has 0 spiro atoms. The number of ether oxygens (including phenoxy) is 1. The lowest BCUT2D eigenvalue weighted by atomic mass is 10.2. The Morgan fingerprint density at radius 3 is 2.70 bits per heavy atom. The van der Waals surface area contributed by atoms with Gasteiger partial charge in [-0.2, -0.15) is 0 Å². The molecule has 1 atom stereocenters. The summed E-state index contributed by atoms with van der Waals surface area (Å²) in [5.41, 5.74) is 0. The minimum atomic E-state index is -0.933. The van der Waals surface area contributed by atoms with Gasteiger partial charge in [-0.15, -0.1) is 0 Å². The molecule has 23 heavy (non-hydrogen) atoms. The third kappa shape index (κ3) is 6.97. The van der Waals surface area contributed by atoms with E-state index in [9.17, 15) is 9.59 Å². The summed E-state index contributed by atoms with van der Waals surface area (Å²) in [5, 5.41) is 12.5. The number of carbonyl (C=O) groups is 2. The van der Waals surface area contributed by atoms with Crippen molar-refractivity contribution in [1.29, 1.82) is 0 Å². The van der Waals surface area contributed by atoms with Crippen molar-refractivity contribution in [2.45, 2.75) is 13.3 Å². The van der Waals surface area contributed by atoms with Crippen LogP contribution in [0.1, 0.15) is 13.3 Å². The van der Waals surface area contributed by atoms with Crippen LogP contribution in [0, 0.1) is 5.92 Å². The van der Waals surface area contributed by atoms with Crippen molar-refractivity contribution in [2.75, 3.05) is 26.7 Å². The predicted octanol–water partition coefficient (Wildman–Crippen LogP) is 3.12. The highest BCUT2D eigenvalue weighted by molar-refractivity contribution is 6.35. The minimum Gasteiger partial charge on any atom is -0.492 e. The molecule has 0 fully saturated rings. The summed E-state index contributed by atoms with van der Waals surface area (Å²) in [4.78, 5) is 23.9. The summed E-state index contributed by atoms with van der Waals surface area (Å²) in [7, 11) is 1.55. The zero-order valence-electron chi connectivity index (χ0n) is 13.0. The number of nitrogens with one attached hydrogen (secondary N) is 1. The van der Waals surface area contributed by atoms with E-state index in [0.717, 1.165) is 0 Å². The van der Waals surface area contributed by atoms with Gasteiger partial charge in [-0.1, -0.05) is 30.1 Å². The molecular formula is C15H20Cl2N2O4. The van der Waals surface area contributed by atoms with Gasteiger partial charge in [0.25, 0.3) is 0 Å². The fourth-order valence-corrected chi connectivity index (χ4v) is 2.21. The van der Waals surface area contributed by atoms with Gasteiger partial charge in [-0.25, -0.2) is 4.79 Å². The topological polar surface area (TPSA) is 78.9 Å². The van der Waals surface area contributed by atoms with Gasteiger partial charge in [0, 0.05) is 25.2 Å². The van der Waals surface area contributed by atoms with Crippen LogP contribution in [0.15, 0.2) is 18.2 Å². The molecule has 1 unspecified atom stereocenters. The average molecular weight is 363 g/mol. The molecular weight excluding hydrogens is 343 g/mol. The molecule has 0 aliphatic carbocycles. The average Bonchev–Trinajstić information content (AvgIpc) is 2.48. The molecule has 0 aliphatic heterocycles. The summed E-state index contributed by atoms with van der Waals surface area (Å²) in [6.45, 7) is 2.50. The lowest BCUT2D eigenvalue weighted by Gasteiger charge is -2.20. The quantitative estimate of drug-likeness (QED) is 0.696. The smallest absolute Gasteiger partial charge is 0.317 e. The second kappa shape index (κ2) is 9.47. The standard InChI is InChI=1S/C15H20Cl2N2O4/c1-10(14(20)21)9-19(2)15(22)18-6-3-7-23-13-5-4-11(16)8-12(13)17/h4-5,8,10H,3,6-7,9H2,1-2H3,(H,18,22)(H,20,21). The van der Waals surface area contributed by atoms with Crippen LogP contribution in [-0.4, -0.2) is 48.8 Å². The fourth-order valence-electron chi connectivity index (χ4n) is 1.75. The monoisotopic (exact) mass is 362 g/mol. The molecule has 0 radical (unpaired) electrons. The Morgan fingerprint density at radius 2 is 2.09 bits per heavy atom. The summed E-state index contributed by atoms with van der Waals surface area (Å²) < 4.78 is 5.50. The van der Waals surface area contributed by atoms with Crippen LogP contribution in [0.3, 0.4) is 0 Å². The van der Waals surface area contributed by atoms with Gasteiger partial charge in [0.05, 0.1) is 17.5 Å². The molecule has 0 bridgehead atoms. The molecule has 1 aromatic carbocycles. The Morgan fingerprint density at radius 1 is 1.39 bits per heavy atom. The molecule has 6 nitrogen and oxygen atoms in total. The highest BCUT2D eigenvalue weighted by atomic mass is 35.5. The van der Waals surface area contributed by atoms with E-state index < -0.39 is 11.9 Å². The number of benzene rings is 1. The van der Waals surface area contributed by atoms with Crippen molar-refractivity contribution < 1.29 is 19.4 Å². The first-order valence-electron chi connectivity index (χ1n) is 7.11. The van der Waals surface area contributed by atoms with Crippen molar-refractivity contribution in [2.24, 2.45) is 5.92 Å². The van der Waals surface area contributed by atoms with Gasteiger partial charge in [0.1, 0.15) is 5.75 Å². The third-order valence-electron chi connectivity index (χ3n) is 3.06. The van der Waals surface area contributed by atoms with E-state index in [1.54, 1.807) is 32.2 Å². The number of carboxylic acid groups (broad SMARTS) is 1. The maximum absolute atomic E-state index is 11.8. The summed E-state index contributed by atoms with van der Waals surface area (Å²) in [6, 6.07) is 4.65. The van der Waals surface area contributed by atoms with Gasteiger partial charge in [0.15, 0.2) is 0 Å². The number of nitrogens with zero attached hydrogens (tertiary/aromatic N) is 1. The van der Waals surface area contributed by atoms with Gasteiger partial charge in [-0.3, -0.25) is 4.79 Å². The molecule has 0 saturated heterocycles. The summed E-state index contributed by atoms with van der Waals surface area (Å²) >= 11 is 11.8. The van der Waals surface area contributed by atoms with Crippen molar-refractivity contribution in [3.05, 3.63) is 28.2 Å². The lowest BCUT2D eigenvalue weighted by molar-refractivity contribution is -0.141. The van der Waals surface area contributed by atoms with E-state index >= 15 is 0 Å². The van der Waals surface area contributed by atoms with Gasteiger partial charge < -0.3 is 20.1 Å². The number of hydrogen-bond donors (Lipinski definition) is 2. The zero-order valence-corrected chi connectivity index (χ0v) is 14.5. The normalized spacial score (nSPS) is 11.7. The highest BCUT2D eigenvalue weighted by Gasteiger charge is 2.16. The van der Waals surface area contributed by atoms with Crippen LogP contribution >= 0.6 is 23.2 Å². The molecule has 0 heterocycles. The van der Waals surface area contributed by atoms with Gasteiger partial charge in [0.2, 0.25) is 0 Å². The van der Waals surface area contributed by atoms with Crippen molar-refractivity contribution in [3.63, 3.8) is 0 Å². The molecule has 128 valence electrons. The number of amides is 2. The molecule has 2 amide bonds. The number of halogens is 2. The van der Waals surface area contributed by atoms with E-state index in [-0.39, 0.29) is 12.6 Å². The maximum atomic E-state index is 11.8. The molecule has 1 aromatic rings. The molecule has 1 rings (SSSR count).